The molecule has 99 heavy (non-hydrogen) atoms. The maximum absolute atomic E-state index is 13.0. The quantitative estimate of drug-likeness (QED) is 0.0195. The van der Waals surface area contributed by atoms with Crippen molar-refractivity contribution in [3.63, 3.8) is 0 Å². The van der Waals surface area contributed by atoms with E-state index >= 15 is 0 Å². The number of carbonyl (C=O) groups is 3. The van der Waals surface area contributed by atoms with Gasteiger partial charge in [-0.2, -0.15) is 0 Å². The molecule has 9 nitrogen and oxygen atoms in total. The number of rotatable bonds is 81. The monoisotopic (exact) mass is 1390 g/mol. The Hall–Kier alpha value is -3.27. The van der Waals surface area contributed by atoms with Gasteiger partial charge in [-0.15, -0.1) is 0 Å². The summed E-state index contributed by atoms with van der Waals surface area (Å²) in [6.07, 6.45) is 106. The number of ether oxygens (including phenoxy) is 4. The lowest BCUT2D eigenvalue weighted by Gasteiger charge is -2.26. The number of hydrogen-bond acceptors (Lipinski definition) is 8. The second-order valence-corrected chi connectivity index (χ2v) is 30.4. The van der Waals surface area contributed by atoms with Gasteiger partial charge in [0.1, 0.15) is 13.2 Å². The van der Waals surface area contributed by atoms with E-state index < -0.39 is 24.3 Å². The van der Waals surface area contributed by atoms with Crippen LogP contribution in [0.5, 0.6) is 0 Å². The standard InChI is InChI=1S/C90H165NO8/c1-6-8-10-12-14-16-18-20-22-24-26-28-30-32-34-36-38-40-42-43-44-45-47-49-51-53-55-57-59-61-63-65-67-69-71-73-75-77-79-81-88(93)99-86(85-98-90(89(94)95)96-83-82-91(3,4)5)84-97-87(92)80-78-76-74-72-70-68-66-64-62-60-58-56-54-52-50-48-46-41-39-37-35-33-31-29-27-25-23-21-19-17-15-13-11-9-7-2/h8,10,14,16,20,22,25-28,32,34,86,90H,6-7,9,11-13,15,17-19,21,23-24,29-31,33,35-85H2,1-5H3/b10-8-,16-14-,22-20-,27-25-,28-26-,34-32-. The molecule has 0 bridgehead atoms. The van der Waals surface area contributed by atoms with Crippen LogP contribution in [-0.4, -0.2) is 82.3 Å². The largest absolute Gasteiger partial charge is 0.545 e. The summed E-state index contributed by atoms with van der Waals surface area (Å²) in [5.41, 5.74) is 0. The summed E-state index contributed by atoms with van der Waals surface area (Å²) in [6, 6.07) is 0. The number of unbranched alkanes of at least 4 members (excludes halogenated alkanes) is 54. The van der Waals surface area contributed by atoms with E-state index in [0.717, 1.165) is 70.6 Å². The minimum atomic E-state index is -1.62. The van der Waals surface area contributed by atoms with Crippen LogP contribution in [0.25, 0.3) is 0 Å². The first-order valence-electron chi connectivity index (χ1n) is 43.1. The van der Waals surface area contributed by atoms with Gasteiger partial charge >= 0.3 is 11.9 Å². The minimum Gasteiger partial charge on any atom is -0.545 e. The highest BCUT2D eigenvalue weighted by Crippen LogP contribution is 2.20. The van der Waals surface area contributed by atoms with Crippen molar-refractivity contribution in [1.29, 1.82) is 0 Å². The van der Waals surface area contributed by atoms with Crippen LogP contribution < -0.4 is 5.11 Å². The highest BCUT2D eigenvalue weighted by atomic mass is 16.7. The molecule has 0 radical (unpaired) electrons. The number of carboxylic acid groups (broad SMARTS) is 1. The van der Waals surface area contributed by atoms with Gasteiger partial charge in [-0.3, -0.25) is 9.59 Å². The van der Waals surface area contributed by atoms with Gasteiger partial charge < -0.3 is 33.3 Å². The van der Waals surface area contributed by atoms with E-state index in [1.807, 2.05) is 21.1 Å². The SMILES string of the molecule is CC/C=C\C/C=C\C/C=C\C/C=C\C/C=C\CCCCCCCCCCCCCCCCCCCCCCCCCC(=O)OC(COC(=O)CCCCCCCCCCCCCCCCCCCCCCCCC/C=C\CCCCCCCCCC)COC(OCC[N+](C)(C)C)C(=O)[O-]. The third kappa shape index (κ3) is 81.9. The molecule has 0 aromatic carbocycles. The summed E-state index contributed by atoms with van der Waals surface area (Å²) < 4.78 is 22.9. The smallest absolute Gasteiger partial charge is 0.306 e. The topological polar surface area (TPSA) is 111 Å². The molecule has 0 rings (SSSR count). The van der Waals surface area contributed by atoms with Crippen molar-refractivity contribution in [3.05, 3.63) is 72.9 Å². The molecule has 0 saturated heterocycles. The van der Waals surface area contributed by atoms with E-state index in [-0.39, 0.29) is 32.2 Å². The Bertz CT molecular complexity index is 1860. The summed E-state index contributed by atoms with van der Waals surface area (Å²) in [5, 5.41) is 11.9. The average molecular weight is 1390 g/mol. The lowest BCUT2D eigenvalue weighted by molar-refractivity contribution is -0.870. The number of esters is 2. The van der Waals surface area contributed by atoms with Crippen LogP contribution in [0.2, 0.25) is 0 Å². The van der Waals surface area contributed by atoms with Crippen molar-refractivity contribution in [3.8, 4) is 0 Å². The lowest BCUT2D eigenvalue weighted by Crippen LogP contribution is -2.44. The molecule has 0 heterocycles. The molecule has 0 aliphatic carbocycles. The first-order valence-corrected chi connectivity index (χ1v) is 43.1. The molecule has 0 spiro atoms. The molecule has 0 aromatic heterocycles. The Kier molecular flexibility index (Phi) is 77.8. The van der Waals surface area contributed by atoms with E-state index in [1.54, 1.807) is 0 Å². The third-order valence-electron chi connectivity index (χ3n) is 19.4. The molecule has 0 saturated carbocycles. The van der Waals surface area contributed by atoms with Crippen molar-refractivity contribution in [2.45, 2.75) is 437 Å². The fraction of sp³-hybridized carbons (Fsp3) is 0.833. The second-order valence-electron chi connectivity index (χ2n) is 30.4. The van der Waals surface area contributed by atoms with E-state index in [4.69, 9.17) is 18.9 Å². The number of hydrogen-bond donors (Lipinski definition) is 0. The van der Waals surface area contributed by atoms with Crippen LogP contribution in [0.15, 0.2) is 72.9 Å². The maximum Gasteiger partial charge on any atom is 0.306 e. The van der Waals surface area contributed by atoms with Crippen molar-refractivity contribution in [2.75, 3.05) is 47.5 Å². The predicted octanol–water partition coefficient (Wildman–Crippen LogP) is 26.6. The molecule has 0 fully saturated rings. The van der Waals surface area contributed by atoms with Crippen LogP contribution in [0.3, 0.4) is 0 Å². The summed E-state index contributed by atoms with van der Waals surface area (Å²) in [5.74, 6) is -2.25. The molecule has 2 atom stereocenters. The van der Waals surface area contributed by atoms with Gasteiger partial charge in [-0.25, -0.2) is 0 Å². The molecule has 9 heteroatoms. The molecule has 578 valence electrons. The van der Waals surface area contributed by atoms with Gasteiger partial charge in [-0.1, -0.05) is 401 Å². The summed E-state index contributed by atoms with van der Waals surface area (Å²) in [4.78, 5) is 37.7. The van der Waals surface area contributed by atoms with Gasteiger partial charge in [0.2, 0.25) is 0 Å². The van der Waals surface area contributed by atoms with E-state index in [9.17, 15) is 19.5 Å². The maximum atomic E-state index is 13.0. The fourth-order valence-corrected chi connectivity index (χ4v) is 12.9. The zero-order valence-electron chi connectivity index (χ0n) is 66.4. The first-order chi connectivity index (χ1) is 48.6. The Morgan fingerprint density at radius 2 is 0.576 bits per heavy atom. The van der Waals surface area contributed by atoms with E-state index in [2.05, 4.69) is 86.8 Å². The number of allylic oxidation sites excluding steroid dienone is 12. The Labute approximate surface area is 615 Å². The van der Waals surface area contributed by atoms with E-state index in [0.29, 0.717) is 17.4 Å². The Morgan fingerprint density at radius 3 is 0.869 bits per heavy atom. The number of carbonyl (C=O) groups excluding carboxylic acids is 3. The normalized spacial score (nSPS) is 12.9. The summed E-state index contributed by atoms with van der Waals surface area (Å²) in [7, 11) is 5.95. The molecule has 0 aromatic rings. The van der Waals surface area contributed by atoms with Crippen molar-refractivity contribution >= 4 is 17.9 Å². The number of likely N-dealkylation sites (N-methyl/N-ethyl adjacent to an activating group) is 1. The van der Waals surface area contributed by atoms with Crippen molar-refractivity contribution < 1.29 is 42.9 Å². The Balaban J connectivity index is 3.93. The zero-order chi connectivity index (χ0) is 71.8. The first kappa shape index (κ1) is 95.7. The fourth-order valence-electron chi connectivity index (χ4n) is 12.9. The Morgan fingerprint density at radius 1 is 0.313 bits per heavy atom. The minimum absolute atomic E-state index is 0.150. The summed E-state index contributed by atoms with van der Waals surface area (Å²) >= 11 is 0. The molecular weight excluding hydrogens is 1220 g/mol. The van der Waals surface area contributed by atoms with Crippen molar-refractivity contribution in [1.82, 2.24) is 0 Å². The second kappa shape index (κ2) is 80.4. The predicted molar refractivity (Wildman–Crippen MR) is 426 cm³/mol. The average Bonchev–Trinajstić information content (AvgIpc) is 1.14. The van der Waals surface area contributed by atoms with Crippen LogP contribution in [-0.2, 0) is 33.3 Å². The van der Waals surface area contributed by atoms with Crippen molar-refractivity contribution in [2.24, 2.45) is 0 Å². The highest BCUT2D eigenvalue weighted by molar-refractivity contribution is 5.70. The van der Waals surface area contributed by atoms with Crippen LogP contribution in [0.1, 0.15) is 425 Å². The number of quaternary nitrogens is 1. The van der Waals surface area contributed by atoms with Gasteiger partial charge in [0.05, 0.1) is 40.3 Å². The van der Waals surface area contributed by atoms with Crippen LogP contribution in [0.4, 0.5) is 0 Å². The molecule has 0 aliphatic rings. The molecule has 0 N–H and O–H groups in total. The number of aliphatic carboxylic acids is 1. The van der Waals surface area contributed by atoms with Gasteiger partial charge in [0, 0.05) is 12.8 Å². The lowest BCUT2D eigenvalue weighted by atomic mass is 10.0. The number of carboxylic acids is 1. The van der Waals surface area contributed by atoms with Crippen LogP contribution in [0, 0.1) is 0 Å². The number of nitrogens with zero attached hydrogens (tertiary/aromatic N) is 1. The van der Waals surface area contributed by atoms with Gasteiger partial charge in [-0.05, 0) is 83.5 Å². The van der Waals surface area contributed by atoms with E-state index in [1.165, 1.54) is 327 Å². The van der Waals surface area contributed by atoms with Gasteiger partial charge in [0.15, 0.2) is 12.4 Å². The highest BCUT2D eigenvalue weighted by Gasteiger charge is 2.22. The van der Waals surface area contributed by atoms with Gasteiger partial charge in [0.25, 0.3) is 0 Å². The molecular formula is C90H165NO8. The molecule has 0 amide bonds. The van der Waals surface area contributed by atoms with Crippen LogP contribution >= 0.6 is 0 Å². The third-order valence-corrected chi connectivity index (χ3v) is 19.4. The summed E-state index contributed by atoms with van der Waals surface area (Å²) in [6.45, 7) is 4.71. The molecule has 0 aliphatic heterocycles. The zero-order valence-corrected chi connectivity index (χ0v) is 66.4. The molecule has 2 unspecified atom stereocenters.